The first-order valence-electron chi connectivity index (χ1n) is 5.24. The normalized spacial score (nSPS) is 10.3. The Morgan fingerprint density at radius 2 is 2.00 bits per heavy atom. The van der Waals surface area contributed by atoms with Gasteiger partial charge in [0.1, 0.15) is 23.2 Å². The van der Waals surface area contributed by atoms with Crippen molar-refractivity contribution < 1.29 is 9.13 Å². The Kier molecular flexibility index (Phi) is 4.07. The van der Waals surface area contributed by atoms with E-state index in [9.17, 15) is 4.39 Å². The summed E-state index contributed by atoms with van der Waals surface area (Å²) in [6, 6.07) is 9.16. The lowest BCUT2D eigenvalue weighted by molar-refractivity contribution is 0.475. The third-order valence-corrected chi connectivity index (χ3v) is 3.15. The first-order valence-corrected chi connectivity index (χ1v) is 6.41. The van der Waals surface area contributed by atoms with Gasteiger partial charge in [0.15, 0.2) is 0 Å². The van der Waals surface area contributed by atoms with Crippen molar-refractivity contribution in [1.29, 1.82) is 5.41 Å². The van der Waals surface area contributed by atoms with E-state index in [4.69, 9.17) is 27.5 Å². The van der Waals surface area contributed by atoms with Crippen molar-refractivity contribution in [3.05, 3.63) is 57.3 Å². The van der Waals surface area contributed by atoms with Crippen molar-refractivity contribution in [3.63, 3.8) is 0 Å². The number of ether oxygens (including phenoxy) is 1. The zero-order chi connectivity index (χ0) is 14.0. The lowest BCUT2D eigenvalue weighted by Crippen LogP contribution is -2.12. The van der Waals surface area contributed by atoms with E-state index in [-0.39, 0.29) is 16.6 Å². The number of nitrogens with one attached hydrogen (secondary N) is 1. The lowest BCUT2D eigenvalue weighted by atomic mass is 10.2. The number of nitrogens with two attached hydrogens (primary N) is 1. The summed E-state index contributed by atoms with van der Waals surface area (Å²) in [7, 11) is 0. The predicted octanol–water partition coefficient (Wildman–Crippen LogP) is 4.32. The number of hydrogen-bond donors (Lipinski definition) is 2. The highest BCUT2D eigenvalue weighted by Crippen LogP contribution is 2.29. The van der Waals surface area contributed by atoms with Crippen LogP contribution in [0.15, 0.2) is 40.9 Å². The minimum Gasteiger partial charge on any atom is -0.456 e. The van der Waals surface area contributed by atoms with Gasteiger partial charge in [-0.05, 0) is 30.3 Å². The van der Waals surface area contributed by atoms with Crippen LogP contribution < -0.4 is 10.5 Å². The highest BCUT2D eigenvalue weighted by Gasteiger charge is 2.10. The van der Waals surface area contributed by atoms with Gasteiger partial charge in [-0.1, -0.05) is 27.5 Å². The number of rotatable bonds is 3. The van der Waals surface area contributed by atoms with Crippen molar-refractivity contribution >= 4 is 33.4 Å². The molecule has 3 nitrogen and oxygen atoms in total. The molecule has 2 aromatic rings. The topological polar surface area (TPSA) is 59.1 Å². The molecule has 0 aliphatic heterocycles. The summed E-state index contributed by atoms with van der Waals surface area (Å²) in [5.41, 5.74) is 5.90. The van der Waals surface area contributed by atoms with E-state index in [1.54, 1.807) is 18.2 Å². The molecular formula is C13H9BrClFN2O. The van der Waals surface area contributed by atoms with E-state index in [0.717, 1.165) is 4.47 Å². The molecule has 0 spiro atoms. The van der Waals surface area contributed by atoms with Crippen LogP contribution in [-0.4, -0.2) is 5.84 Å². The van der Waals surface area contributed by atoms with Gasteiger partial charge in [0.2, 0.25) is 0 Å². The molecule has 0 radical (unpaired) electrons. The van der Waals surface area contributed by atoms with Gasteiger partial charge in [0, 0.05) is 10.5 Å². The van der Waals surface area contributed by atoms with E-state index in [1.165, 1.54) is 18.2 Å². The van der Waals surface area contributed by atoms with Gasteiger partial charge in [-0.3, -0.25) is 5.41 Å². The van der Waals surface area contributed by atoms with Crippen LogP contribution in [0.2, 0.25) is 5.02 Å². The quantitative estimate of drug-likeness (QED) is 0.644. The SMILES string of the molecule is N=C(N)c1cc(Br)ccc1Oc1ccc(Cl)c(F)c1. The summed E-state index contributed by atoms with van der Waals surface area (Å²) in [4.78, 5) is 0. The van der Waals surface area contributed by atoms with Crippen LogP contribution in [-0.2, 0) is 0 Å². The molecule has 0 fully saturated rings. The van der Waals surface area contributed by atoms with Crippen molar-refractivity contribution in [1.82, 2.24) is 0 Å². The van der Waals surface area contributed by atoms with Crippen LogP contribution in [0.3, 0.4) is 0 Å². The second-order valence-electron chi connectivity index (χ2n) is 3.73. The maximum absolute atomic E-state index is 13.3. The standard InChI is InChI=1S/C13H9BrClFN2O/c14-7-1-4-12(9(5-7)13(17)18)19-8-2-3-10(15)11(16)6-8/h1-6H,(H3,17,18). The van der Waals surface area contributed by atoms with Crippen molar-refractivity contribution in [2.75, 3.05) is 0 Å². The van der Waals surface area contributed by atoms with Crippen LogP contribution in [0.4, 0.5) is 4.39 Å². The second-order valence-corrected chi connectivity index (χ2v) is 5.06. The van der Waals surface area contributed by atoms with Gasteiger partial charge < -0.3 is 10.5 Å². The molecule has 0 amide bonds. The predicted molar refractivity (Wildman–Crippen MR) is 76.6 cm³/mol. The van der Waals surface area contributed by atoms with Gasteiger partial charge >= 0.3 is 0 Å². The average Bonchev–Trinajstić information content (AvgIpc) is 2.36. The number of halogens is 3. The molecule has 0 saturated carbocycles. The van der Waals surface area contributed by atoms with Crippen LogP contribution in [0.5, 0.6) is 11.5 Å². The first-order chi connectivity index (χ1) is 8.97. The number of hydrogen-bond acceptors (Lipinski definition) is 2. The van der Waals surface area contributed by atoms with Crippen LogP contribution in [0, 0.1) is 11.2 Å². The Labute approximate surface area is 122 Å². The summed E-state index contributed by atoms with van der Waals surface area (Å²) in [6.07, 6.45) is 0. The van der Waals surface area contributed by atoms with Gasteiger partial charge in [-0.15, -0.1) is 0 Å². The molecule has 0 atom stereocenters. The smallest absolute Gasteiger partial charge is 0.145 e. The third-order valence-electron chi connectivity index (χ3n) is 2.35. The fraction of sp³-hybridized carbons (Fsp3) is 0. The van der Waals surface area contributed by atoms with Crippen molar-refractivity contribution in [3.8, 4) is 11.5 Å². The van der Waals surface area contributed by atoms with E-state index in [2.05, 4.69) is 15.9 Å². The number of amidine groups is 1. The van der Waals surface area contributed by atoms with Gasteiger partial charge in [0.05, 0.1) is 10.6 Å². The number of benzene rings is 2. The maximum Gasteiger partial charge on any atom is 0.145 e. The average molecular weight is 344 g/mol. The zero-order valence-electron chi connectivity index (χ0n) is 9.58. The molecule has 6 heteroatoms. The Hall–Kier alpha value is -1.59. The number of nitrogen functional groups attached to an aromatic ring is 1. The Morgan fingerprint density at radius 3 is 2.63 bits per heavy atom. The van der Waals surface area contributed by atoms with Gasteiger partial charge in [0.25, 0.3) is 0 Å². The Bertz CT molecular complexity index is 649. The Balaban J connectivity index is 2.37. The minimum absolute atomic E-state index is 0.0231. The molecule has 0 aromatic heterocycles. The first kappa shape index (κ1) is 13.8. The molecule has 2 aromatic carbocycles. The van der Waals surface area contributed by atoms with E-state index in [1.807, 2.05) is 0 Å². The lowest BCUT2D eigenvalue weighted by Gasteiger charge is -2.11. The van der Waals surface area contributed by atoms with Gasteiger partial charge in [-0.2, -0.15) is 0 Å². The van der Waals surface area contributed by atoms with E-state index < -0.39 is 5.82 Å². The molecule has 0 bridgehead atoms. The van der Waals surface area contributed by atoms with Crippen LogP contribution >= 0.6 is 27.5 Å². The fourth-order valence-corrected chi connectivity index (χ4v) is 1.95. The van der Waals surface area contributed by atoms with Crippen LogP contribution in [0.25, 0.3) is 0 Å². The monoisotopic (exact) mass is 342 g/mol. The molecule has 3 N–H and O–H groups in total. The molecule has 0 aliphatic carbocycles. The second kappa shape index (κ2) is 5.59. The Morgan fingerprint density at radius 1 is 1.26 bits per heavy atom. The molecule has 0 unspecified atom stereocenters. The van der Waals surface area contributed by atoms with Crippen molar-refractivity contribution in [2.24, 2.45) is 5.73 Å². The van der Waals surface area contributed by atoms with E-state index in [0.29, 0.717) is 11.3 Å². The van der Waals surface area contributed by atoms with E-state index >= 15 is 0 Å². The largest absolute Gasteiger partial charge is 0.456 e. The van der Waals surface area contributed by atoms with Crippen molar-refractivity contribution in [2.45, 2.75) is 0 Å². The van der Waals surface area contributed by atoms with Gasteiger partial charge in [-0.25, -0.2) is 4.39 Å². The minimum atomic E-state index is -0.569. The summed E-state index contributed by atoms with van der Waals surface area (Å²) >= 11 is 8.88. The molecule has 0 heterocycles. The molecular weight excluding hydrogens is 335 g/mol. The summed E-state index contributed by atoms with van der Waals surface area (Å²) in [5, 5.41) is 7.52. The zero-order valence-corrected chi connectivity index (χ0v) is 11.9. The molecule has 19 heavy (non-hydrogen) atoms. The fourth-order valence-electron chi connectivity index (χ4n) is 1.47. The summed E-state index contributed by atoms with van der Waals surface area (Å²) in [5.74, 6) is -0.0458. The molecule has 98 valence electrons. The third kappa shape index (κ3) is 3.24. The highest BCUT2D eigenvalue weighted by atomic mass is 79.9. The maximum atomic E-state index is 13.3. The summed E-state index contributed by atoms with van der Waals surface area (Å²) < 4.78 is 19.6. The highest BCUT2D eigenvalue weighted by molar-refractivity contribution is 9.10. The molecule has 0 aliphatic rings. The molecule has 2 rings (SSSR count). The molecule has 0 saturated heterocycles. The van der Waals surface area contributed by atoms with Crippen LogP contribution in [0.1, 0.15) is 5.56 Å². The summed E-state index contributed by atoms with van der Waals surface area (Å²) in [6.45, 7) is 0.